The van der Waals surface area contributed by atoms with Crippen LogP contribution < -0.4 is 0 Å². The minimum absolute atomic E-state index is 0. The van der Waals surface area contributed by atoms with Gasteiger partial charge in [0.1, 0.15) is 6.67 Å². The largest absolute Gasteiger partial charge is 0.522 e. The second-order valence-corrected chi connectivity index (χ2v) is 3.21. The quantitative estimate of drug-likeness (QED) is 0.450. The molecule has 158 valence electrons. The van der Waals surface area contributed by atoms with E-state index in [0.29, 0.717) is 6.42 Å². The van der Waals surface area contributed by atoms with Crippen molar-refractivity contribution in [1.29, 1.82) is 0 Å². The van der Waals surface area contributed by atoms with Gasteiger partial charge in [0.25, 0.3) is 0 Å². The molecule has 0 bridgehead atoms. The molecular weight excluding hydrogens is 355 g/mol. The highest BCUT2D eigenvalue weighted by Crippen LogP contribution is 2.22. The van der Waals surface area contributed by atoms with Crippen LogP contribution in [-0.4, -0.2) is 38.2 Å². The maximum absolute atomic E-state index is 11.3. The van der Waals surface area contributed by atoms with Crippen LogP contribution in [0.3, 0.4) is 0 Å². The van der Waals surface area contributed by atoms with E-state index in [4.69, 9.17) is 0 Å². The van der Waals surface area contributed by atoms with Gasteiger partial charge >= 0.3 is 12.5 Å². The molecular formula is C14H33F9O. The molecule has 0 N–H and O–H groups in total. The van der Waals surface area contributed by atoms with Gasteiger partial charge < -0.3 is 0 Å². The lowest BCUT2D eigenvalue weighted by Gasteiger charge is -2.11. The third-order valence-electron chi connectivity index (χ3n) is 1.40. The Kier molecular flexibility index (Phi) is 40.6. The van der Waals surface area contributed by atoms with Crippen LogP contribution in [0.25, 0.3) is 0 Å². The van der Waals surface area contributed by atoms with E-state index in [2.05, 4.69) is 4.74 Å². The van der Waals surface area contributed by atoms with Crippen molar-refractivity contribution in [1.82, 2.24) is 0 Å². The third-order valence-corrected chi connectivity index (χ3v) is 1.40. The average Bonchev–Trinajstić information content (AvgIpc) is 2.26. The minimum atomic E-state index is -5.03. The predicted octanol–water partition coefficient (Wildman–Crippen LogP) is 7.70. The Bertz CT molecular complexity index is 205. The number of ether oxygens (including phenoxy) is 1. The molecule has 0 aliphatic rings. The van der Waals surface area contributed by atoms with Gasteiger partial charge in [-0.2, -0.15) is 13.2 Å². The predicted molar refractivity (Wildman–Crippen MR) is 82.4 cm³/mol. The molecule has 0 amide bonds. The normalized spacial score (nSPS) is 12.0. The Morgan fingerprint density at radius 1 is 0.833 bits per heavy atom. The first kappa shape index (κ1) is 43.6. The molecule has 24 heavy (non-hydrogen) atoms. The Balaban J connectivity index is -0.0000000362. The molecule has 0 aliphatic carbocycles. The molecule has 0 saturated carbocycles. The zero-order chi connectivity index (χ0) is 17.0. The molecule has 0 heterocycles. The van der Waals surface area contributed by atoms with Gasteiger partial charge in [0.05, 0.1) is 12.8 Å². The van der Waals surface area contributed by atoms with Crippen molar-refractivity contribution in [3.63, 3.8) is 0 Å². The van der Waals surface area contributed by atoms with Crippen molar-refractivity contribution in [2.45, 2.75) is 81.7 Å². The Labute approximate surface area is 140 Å². The van der Waals surface area contributed by atoms with Crippen LogP contribution in [0.2, 0.25) is 0 Å². The molecule has 0 saturated heterocycles. The summed E-state index contributed by atoms with van der Waals surface area (Å²) >= 11 is 0. The van der Waals surface area contributed by atoms with Crippen molar-refractivity contribution in [3.05, 3.63) is 0 Å². The van der Waals surface area contributed by atoms with Crippen molar-refractivity contribution >= 4 is 0 Å². The lowest BCUT2D eigenvalue weighted by molar-refractivity contribution is -0.340. The molecule has 0 aromatic carbocycles. The van der Waals surface area contributed by atoms with E-state index in [1.54, 1.807) is 6.92 Å². The maximum Gasteiger partial charge on any atom is 0.522 e. The summed E-state index contributed by atoms with van der Waals surface area (Å²) in [5.41, 5.74) is 0. The summed E-state index contributed by atoms with van der Waals surface area (Å²) in [5, 5.41) is 0. The summed E-state index contributed by atoms with van der Waals surface area (Å²) in [5.74, 6) is 0. The third kappa shape index (κ3) is 42.9. The Hall–Kier alpha value is -0.670. The molecule has 0 aliphatic heterocycles. The van der Waals surface area contributed by atoms with Crippen LogP contribution in [-0.2, 0) is 4.74 Å². The van der Waals surface area contributed by atoms with Gasteiger partial charge in [-0.25, -0.2) is 8.78 Å². The molecule has 0 fully saturated rings. The van der Waals surface area contributed by atoms with E-state index in [1.807, 2.05) is 0 Å². The summed E-state index contributed by atoms with van der Waals surface area (Å²) in [6.45, 7) is 2.23. The van der Waals surface area contributed by atoms with Gasteiger partial charge in [0, 0.05) is 0 Å². The van der Waals surface area contributed by atoms with E-state index in [1.165, 1.54) is 13.8 Å². The number of hydrogen-bond acceptors (Lipinski definition) is 1. The number of rotatable bonds is 3. The molecule has 10 heteroatoms. The van der Waals surface area contributed by atoms with E-state index in [9.17, 15) is 39.5 Å². The van der Waals surface area contributed by atoms with Crippen LogP contribution in [0.4, 0.5) is 39.5 Å². The second kappa shape index (κ2) is 22.3. The first-order chi connectivity index (χ1) is 8.85. The summed E-state index contributed by atoms with van der Waals surface area (Å²) in [6, 6.07) is 0. The summed E-state index contributed by atoms with van der Waals surface area (Å²) in [7, 11) is 0. The molecule has 0 aromatic rings. The lowest BCUT2D eigenvalue weighted by atomic mass is 10.3. The first-order valence-corrected chi connectivity index (χ1v) is 5.42. The summed E-state index contributed by atoms with van der Waals surface area (Å²) < 4.78 is 102. The monoisotopic (exact) mass is 388 g/mol. The van der Waals surface area contributed by atoms with E-state index >= 15 is 0 Å². The molecule has 1 nitrogen and oxygen atoms in total. The van der Waals surface area contributed by atoms with Crippen LogP contribution >= 0.6 is 0 Å². The van der Waals surface area contributed by atoms with Crippen molar-refractivity contribution in [2.75, 3.05) is 13.3 Å². The van der Waals surface area contributed by atoms with Crippen LogP contribution in [0.15, 0.2) is 0 Å². The SMILES string of the molecule is C.C.C.C.CCC(C)OC(F)(F)F.CCF.FCC(F)C(F)(F)F. The number of hydrogen-bond donors (Lipinski definition) is 0. The molecule has 0 spiro atoms. The molecule has 0 aromatic heterocycles. The highest BCUT2D eigenvalue weighted by Gasteiger charge is 2.39. The lowest BCUT2D eigenvalue weighted by Crippen LogP contribution is -2.25. The number of alkyl halides is 9. The molecule has 2 atom stereocenters. The fourth-order valence-electron chi connectivity index (χ4n) is 0.399. The Morgan fingerprint density at radius 2 is 1.12 bits per heavy atom. The van der Waals surface area contributed by atoms with Gasteiger partial charge in [-0.15, -0.1) is 13.2 Å². The van der Waals surface area contributed by atoms with Gasteiger partial charge in [-0.1, -0.05) is 36.6 Å². The van der Waals surface area contributed by atoms with Crippen LogP contribution in [0.1, 0.15) is 56.9 Å². The zero-order valence-corrected chi connectivity index (χ0v) is 11.1. The van der Waals surface area contributed by atoms with Crippen molar-refractivity contribution in [2.24, 2.45) is 0 Å². The van der Waals surface area contributed by atoms with Crippen molar-refractivity contribution < 1.29 is 44.3 Å². The summed E-state index contributed by atoms with van der Waals surface area (Å²) in [6.07, 6.45) is -13.2. The highest BCUT2D eigenvalue weighted by atomic mass is 19.4. The topological polar surface area (TPSA) is 9.23 Å². The molecule has 2 unspecified atom stereocenters. The van der Waals surface area contributed by atoms with E-state index in [-0.39, 0.29) is 36.4 Å². The molecule has 0 radical (unpaired) electrons. The van der Waals surface area contributed by atoms with Gasteiger partial charge in [-0.05, 0) is 20.3 Å². The fourth-order valence-corrected chi connectivity index (χ4v) is 0.399. The number of halogens is 9. The second-order valence-electron chi connectivity index (χ2n) is 3.21. The van der Waals surface area contributed by atoms with Gasteiger partial charge in [0.2, 0.25) is 6.17 Å². The van der Waals surface area contributed by atoms with Gasteiger partial charge in [0.15, 0.2) is 0 Å². The van der Waals surface area contributed by atoms with Gasteiger partial charge in [-0.3, -0.25) is 9.13 Å². The Morgan fingerprint density at radius 3 is 1.17 bits per heavy atom. The molecule has 0 rings (SSSR count). The standard InChI is InChI=1S/C5H9F3O.C3H3F5.C2H5F.4CH4/c1-3-4(2)9-5(6,7)8;4-1-2(5)3(6,7)8;1-2-3;;;;/h4H,3H2,1-2H3;2H,1H2;2H2,1H3;4*1H4. The smallest absolute Gasteiger partial charge is 0.289 e. The summed E-state index contributed by atoms with van der Waals surface area (Å²) in [4.78, 5) is 0. The maximum atomic E-state index is 11.3. The van der Waals surface area contributed by atoms with E-state index in [0.717, 1.165) is 0 Å². The fraction of sp³-hybridized carbons (Fsp3) is 1.00. The first-order valence-electron chi connectivity index (χ1n) is 5.42. The minimum Gasteiger partial charge on any atom is -0.289 e. The van der Waals surface area contributed by atoms with Crippen LogP contribution in [0, 0.1) is 0 Å². The highest BCUT2D eigenvalue weighted by molar-refractivity contribution is 4.62. The van der Waals surface area contributed by atoms with Crippen LogP contribution in [0.5, 0.6) is 0 Å². The van der Waals surface area contributed by atoms with Crippen molar-refractivity contribution in [3.8, 4) is 0 Å². The van der Waals surface area contributed by atoms with E-state index < -0.39 is 31.5 Å². The zero-order valence-electron chi connectivity index (χ0n) is 11.1. The average molecular weight is 388 g/mol.